The van der Waals surface area contributed by atoms with Gasteiger partial charge in [-0.1, -0.05) is 36.7 Å². The van der Waals surface area contributed by atoms with Gasteiger partial charge in [-0.15, -0.1) is 0 Å². The molecule has 94 valence electrons. The van der Waals surface area contributed by atoms with Gasteiger partial charge in [-0.2, -0.15) is 0 Å². The van der Waals surface area contributed by atoms with E-state index < -0.39 is 0 Å². The van der Waals surface area contributed by atoms with E-state index in [2.05, 4.69) is 4.98 Å². The topological polar surface area (TPSA) is 33.1 Å². The van der Waals surface area contributed by atoms with Crippen molar-refractivity contribution in [1.82, 2.24) is 4.98 Å². The Balaban J connectivity index is 2.28. The highest BCUT2D eigenvalue weighted by Crippen LogP contribution is 2.28. The lowest BCUT2D eigenvalue weighted by atomic mass is 9.79. The summed E-state index contributed by atoms with van der Waals surface area (Å²) >= 11 is 5.89. The van der Waals surface area contributed by atoms with Gasteiger partial charge in [0, 0.05) is 28.7 Å². The zero-order valence-corrected chi connectivity index (χ0v) is 11.1. The molecule has 0 saturated heterocycles. The number of hydrogen-bond donors (Lipinski definition) is 1. The Labute approximate surface area is 112 Å². The summed E-state index contributed by atoms with van der Waals surface area (Å²) in [6, 6.07) is 13.4. The molecule has 2 aromatic rings. The quantitative estimate of drug-likeness (QED) is 0.917. The predicted octanol–water partition coefficient (Wildman–Crippen LogP) is 3.23. The lowest BCUT2D eigenvalue weighted by molar-refractivity contribution is 0.204. The Hall–Kier alpha value is -1.38. The molecule has 0 aliphatic heterocycles. The van der Waals surface area contributed by atoms with Gasteiger partial charge >= 0.3 is 0 Å². The maximum Gasteiger partial charge on any atom is 0.0529 e. The lowest BCUT2D eigenvalue weighted by Gasteiger charge is -2.27. The average Bonchev–Trinajstić information content (AvgIpc) is 2.40. The van der Waals surface area contributed by atoms with Gasteiger partial charge in [0.15, 0.2) is 0 Å². The molecule has 0 amide bonds. The van der Waals surface area contributed by atoms with Gasteiger partial charge in [0.2, 0.25) is 0 Å². The summed E-state index contributed by atoms with van der Waals surface area (Å²) in [7, 11) is 0. The summed E-state index contributed by atoms with van der Waals surface area (Å²) in [5.41, 5.74) is 1.71. The summed E-state index contributed by atoms with van der Waals surface area (Å²) in [5, 5.41) is 10.4. The van der Waals surface area contributed by atoms with Crippen LogP contribution in [0.15, 0.2) is 48.7 Å². The molecule has 1 aromatic carbocycles. The van der Waals surface area contributed by atoms with Gasteiger partial charge < -0.3 is 5.11 Å². The first-order valence-electron chi connectivity index (χ1n) is 5.91. The van der Waals surface area contributed by atoms with Gasteiger partial charge in [0.25, 0.3) is 0 Å². The van der Waals surface area contributed by atoms with Crippen LogP contribution in [0.1, 0.15) is 18.2 Å². The lowest BCUT2D eigenvalue weighted by Crippen LogP contribution is -2.29. The largest absolute Gasteiger partial charge is 0.395 e. The van der Waals surface area contributed by atoms with E-state index in [4.69, 9.17) is 11.6 Å². The van der Waals surface area contributed by atoms with Crippen LogP contribution in [0.5, 0.6) is 0 Å². The molecule has 2 rings (SSSR count). The number of halogens is 1. The summed E-state index contributed by atoms with van der Waals surface area (Å²) in [5.74, 6) is 0. The monoisotopic (exact) mass is 261 g/mol. The van der Waals surface area contributed by atoms with E-state index in [1.54, 1.807) is 6.20 Å². The van der Waals surface area contributed by atoms with E-state index in [-0.39, 0.29) is 12.0 Å². The first-order chi connectivity index (χ1) is 8.64. The third-order valence-electron chi connectivity index (χ3n) is 3.19. The minimum absolute atomic E-state index is 0.0746. The van der Waals surface area contributed by atoms with E-state index in [1.807, 2.05) is 49.4 Å². The maximum atomic E-state index is 9.71. The minimum atomic E-state index is -0.334. The second-order valence-corrected chi connectivity index (χ2v) is 5.16. The van der Waals surface area contributed by atoms with Crippen LogP contribution < -0.4 is 0 Å². The van der Waals surface area contributed by atoms with Crippen molar-refractivity contribution in [3.63, 3.8) is 0 Å². The molecule has 0 spiro atoms. The Kier molecular flexibility index (Phi) is 4.00. The first kappa shape index (κ1) is 13.1. The number of aliphatic hydroxyl groups excluding tert-OH is 1. The zero-order chi connectivity index (χ0) is 13.0. The van der Waals surface area contributed by atoms with Crippen LogP contribution in [0.4, 0.5) is 0 Å². The number of rotatable bonds is 4. The van der Waals surface area contributed by atoms with Crippen molar-refractivity contribution in [3.05, 3.63) is 64.9 Å². The van der Waals surface area contributed by atoms with Gasteiger partial charge in [-0.05, 0) is 29.8 Å². The Morgan fingerprint density at radius 2 is 1.89 bits per heavy atom. The van der Waals surface area contributed by atoms with Crippen molar-refractivity contribution in [2.24, 2.45) is 0 Å². The number of nitrogens with zero attached hydrogens (tertiary/aromatic N) is 1. The minimum Gasteiger partial charge on any atom is -0.395 e. The summed E-state index contributed by atoms with van der Waals surface area (Å²) < 4.78 is 0. The Morgan fingerprint density at radius 3 is 2.44 bits per heavy atom. The molecular weight excluding hydrogens is 246 g/mol. The van der Waals surface area contributed by atoms with E-state index in [9.17, 15) is 5.11 Å². The van der Waals surface area contributed by atoms with E-state index in [0.717, 1.165) is 11.3 Å². The molecule has 1 N–H and O–H groups in total. The van der Waals surface area contributed by atoms with Crippen LogP contribution in [0, 0.1) is 0 Å². The second-order valence-electron chi connectivity index (χ2n) is 4.72. The fraction of sp³-hybridized carbons (Fsp3) is 0.267. The molecule has 18 heavy (non-hydrogen) atoms. The molecule has 3 heteroatoms. The van der Waals surface area contributed by atoms with Crippen molar-refractivity contribution in [1.29, 1.82) is 0 Å². The molecule has 0 aliphatic rings. The third-order valence-corrected chi connectivity index (χ3v) is 3.44. The Morgan fingerprint density at radius 1 is 1.17 bits per heavy atom. The van der Waals surface area contributed by atoms with Crippen molar-refractivity contribution >= 4 is 11.6 Å². The number of aliphatic hydroxyl groups is 1. The molecule has 0 saturated carbocycles. The van der Waals surface area contributed by atoms with Gasteiger partial charge in [0.1, 0.15) is 0 Å². The standard InChI is InChI=1S/C15H16ClNO/c1-15(11-18,10-14-4-2-3-9-17-14)12-5-7-13(16)8-6-12/h2-9,18H,10-11H2,1H3. The Bertz CT molecular complexity index is 498. The average molecular weight is 262 g/mol. The normalized spacial score (nSPS) is 14.2. The fourth-order valence-electron chi connectivity index (χ4n) is 2.00. The highest BCUT2D eigenvalue weighted by Gasteiger charge is 2.26. The fourth-order valence-corrected chi connectivity index (χ4v) is 2.13. The molecule has 2 nitrogen and oxygen atoms in total. The number of aromatic nitrogens is 1. The summed E-state index contributed by atoms with van der Waals surface area (Å²) in [6.45, 7) is 2.11. The van der Waals surface area contributed by atoms with Crippen LogP contribution >= 0.6 is 11.6 Å². The smallest absolute Gasteiger partial charge is 0.0529 e. The zero-order valence-electron chi connectivity index (χ0n) is 10.3. The van der Waals surface area contributed by atoms with Crippen LogP contribution in [0.25, 0.3) is 0 Å². The number of benzene rings is 1. The summed E-state index contributed by atoms with van der Waals surface area (Å²) in [4.78, 5) is 4.32. The number of pyridine rings is 1. The number of hydrogen-bond acceptors (Lipinski definition) is 2. The van der Waals surface area contributed by atoms with Gasteiger partial charge in [-0.25, -0.2) is 0 Å². The van der Waals surface area contributed by atoms with Crippen molar-refractivity contribution in [2.75, 3.05) is 6.61 Å². The molecule has 1 heterocycles. The highest BCUT2D eigenvalue weighted by molar-refractivity contribution is 6.30. The van der Waals surface area contributed by atoms with Crippen LogP contribution in [-0.4, -0.2) is 16.7 Å². The molecule has 1 unspecified atom stereocenters. The maximum absolute atomic E-state index is 9.71. The van der Waals surface area contributed by atoms with Crippen molar-refractivity contribution in [2.45, 2.75) is 18.8 Å². The van der Waals surface area contributed by atoms with Gasteiger partial charge in [-0.3, -0.25) is 4.98 Å². The van der Waals surface area contributed by atoms with Crippen LogP contribution in [-0.2, 0) is 11.8 Å². The molecule has 0 radical (unpaired) electrons. The SMILES string of the molecule is CC(CO)(Cc1ccccn1)c1ccc(Cl)cc1. The van der Waals surface area contributed by atoms with E-state index in [0.29, 0.717) is 11.4 Å². The molecule has 0 aliphatic carbocycles. The predicted molar refractivity (Wildman–Crippen MR) is 73.8 cm³/mol. The second kappa shape index (κ2) is 5.51. The highest BCUT2D eigenvalue weighted by atomic mass is 35.5. The molecule has 1 atom stereocenters. The van der Waals surface area contributed by atoms with Gasteiger partial charge in [0.05, 0.1) is 6.61 Å². The van der Waals surface area contributed by atoms with Crippen molar-refractivity contribution < 1.29 is 5.11 Å². The van der Waals surface area contributed by atoms with Crippen molar-refractivity contribution in [3.8, 4) is 0 Å². The van der Waals surface area contributed by atoms with Crippen LogP contribution in [0.3, 0.4) is 0 Å². The molecule has 0 bridgehead atoms. The van der Waals surface area contributed by atoms with Crippen LogP contribution in [0.2, 0.25) is 5.02 Å². The van der Waals surface area contributed by atoms with E-state index in [1.165, 1.54) is 0 Å². The first-order valence-corrected chi connectivity index (χ1v) is 6.29. The molecule has 1 aromatic heterocycles. The third kappa shape index (κ3) is 2.89. The van der Waals surface area contributed by atoms with E-state index >= 15 is 0 Å². The molecular formula is C15H16ClNO. The summed E-state index contributed by atoms with van der Waals surface area (Å²) in [6.07, 6.45) is 2.47. The molecule has 0 fully saturated rings.